The predicted molar refractivity (Wildman–Crippen MR) is 111 cm³/mol. The lowest BCUT2D eigenvalue weighted by Crippen LogP contribution is -2.53. The van der Waals surface area contributed by atoms with E-state index in [4.69, 9.17) is 11.6 Å². The average Bonchev–Trinajstić information content (AvgIpc) is 3.21. The highest BCUT2D eigenvalue weighted by molar-refractivity contribution is 6.30. The fraction of sp³-hybridized carbons (Fsp3) is 0.591. The number of hydrogen-bond donors (Lipinski definition) is 0. The second kappa shape index (κ2) is 7.31. The fourth-order valence-electron chi connectivity index (χ4n) is 5.62. The third kappa shape index (κ3) is 3.12. The van der Waals surface area contributed by atoms with Gasteiger partial charge in [-0.3, -0.25) is 14.4 Å². The summed E-state index contributed by atoms with van der Waals surface area (Å²) < 4.78 is 0. The van der Waals surface area contributed by atoms with Gasteiger partial charge >= 0.3 is 0 Å². The first-order valence-corrected chi connectivity index (χ1v) is 10.8. The van der Waals surface area contributed by atoms with E-state index in [1.807, 2.05) is 21.6 Å². The molecule has 3 aliphatic heterocycles. The van der Waals surface area contributed by atoms with E-state index in [2.05, 4.69) is 0 Å². The summed E-state index contributed by atoms with van der Waals surface area (Å²) in [5.41, 5.74) is -0.105. The molecule has 1 atom stereocenters. The standard InChI is InChI=1S/C22H28ClN3O3/c1-3-24-13-10-22(20(24)29)15-26(16(2)27)14-21(22)8-11-25(12-9-21)19(28)17-4-6-18(23)7-5-17/h4-7H,3,8-15H2,1-2H3/t22-/m0/s1. The van der Waals surface area contributed by atoms with Gasteiger partial charge in [0.25, 0.3) is 5.91 Å². The molecule has 0 N–H and O–H groups in total. The van der Waals surface area contributed by atoms with Gasteiger partial charge in [0.1, 0.15) is 0 Å². The van der Waals surface area contributed by atoms with Crippen molar-refractivity contribution < 1.29 is 14.4 Å². The molecule has 3 fully saturated rings. The molecule has 0 bridgehead atoms. The lowest BCUT2D eigenvalue weighted by molar-refractivity contribution is -0.141. The Morgan fingerprint density at radius 3 is 2.21 bits per heavy atom. The molecular formula is C22H28ClN3O3. The number of hydrogen-bond acceptors (Lipinski definition) is 3. The maximum absolute atomic E-state index is 13.4. The molecule has 4 rings (SSSR count). The summed E-state index contributed by atoms with van der Waals surface area (Å²) in [6.45, 7) is 7.41. The van der Waals surface area contributed by atoms with Crippen LogP contribution in [-0.2, 0) is 9.59 Å². The molecule has 0 radical (unpaired) electrons. The number of piperidine rings is 1. The first-order chi connectivity index (χ1) is 13.8. The van der Waals surface area contributed by atoms with Gasteiger partial charge in [0.2, 0.25) is 11.8 Å². The summed E-state index contributed by atoms with van der Waals surface area (Å²) in [7, 11) is 0. The van der Waals surface area contributed by atoms with Crippen LogP contribution >= 0.6 is 11.6 Å². The maximum Gasteiger partial charge on any atom is 0.253 e. The van der Waals surface area contributed by atoms with Crippen molar-refractivity contribution in [1.29, 1.82) is 0 Å². The molecule has 1 aromatic carbocycles. The highest BCUT2D eigenvalue weighted by Crippen LogP contribution is 2.57. The minimum absolute atomic E-state index is 0.0000733. The van der Waals surface area contributed by atoms with Crippen LogP contribution in [0.3, 0.4) is 0 Å². The SMILES string of the molecule is CCN1CC[C@]2(CN(C(C)=O)CC23CCN(C(=O)c2ccc(Cl)cc2)CC3)C1=O. The number of fused-ring (bicyclic) bond motifs is 1. The Bertz CT molecular complexity index is 832. The predicted octanol–water partition coefficient (Wildman–Crippen LogP) is 2.66. The van der Waals surface area contributed by atoms with Gasteiger partial charge in [0, 0.05) is 62.2 Å². The molecule has 3 amide bonds. The van der Waals surface area contributed by atoms with Gasteiger partial charge in [-0.2, -0.15) is 0 Å². The molecule has 156 valence electrons. The van der Waals surface area contributed by atoms with Crippen LogP contribution < -0.4 is 0 Å². The van der Waals surface area contributed by atoms with Crippen LogP contribution in [0, 0.1) is 10.8 Å². The highest BCUT2D eigenvalue weighted by Gasteiger charge is 2.65. The van der Waals surface area contributed by atoms with Gasteiger partial charge in [0.05, 0.1) is 5.41 Å². The van der Waals surface area contributed by atoms with E-state index in [1.54, 1.807) is 31.2 Å². The van der Waals surface area contributed by atoms with E-state index in [-0.39, 0.29) is 23.1 Å². The summed E-state index contributed by atoms with van der Waals surface area (Å²) in [6, 6.07) is 6.97. The van der Waals surface area contributed by atoms with Crippen LogP contribution in [0.25, 0.3) is 0 Å². The Morgan fingerprint density at radius 1 is 1.00 bits per heavy atom. The Labute approximate surface area is 176 Å². The lowest BCUT2D eigenvalue weighted by Gasteiger charge is -2.46. The van der Waals surface area contributed by atoms with Gasteiger partial charge < -0.3 is 14.7 Å². The third-order valence-electron chi connectivity index (χ3n) is 7.40. The summed E-state index contributed by atoms with van der Waals surface area (Å²) >= 11 is 5.94. The first-order valence-electron chi connectivity index (χ1n) is 10.4. The van der Waals surface area contributed by atoms with Crippen LogP contribution in [0.15, 0.2) is 24.3 Å². The van der Waals surface area contributed by atoms with Crippen LogP contribution in [-0.4, -0.2) is 71.7 Å². The second-order valence-corrected chi connectivity index (χ2v) is 9.11. The van der Waals surface area contributed by atoms with Crippen molar-refractivity contribution in [3.8, 4) is 0 Å². The highest BCUT2D eigenvalue weighted by atomic mass is 35.5. The number of likely N-dealkylation sites (tertiary alicyclic amines) is 3. The quantitative estimate of drug-likeness (QED) is 0.743. The molecule has 0 aromatic heterocycles. The smallest absolute Gasteiger partial charge is 0.253 e. The molecule has 2 spiro atoms. The van der Waals surface area contributed by atoms with E-state index in [0.717, 1.165) is 25.8 Å². The van der Waals surface area contributed by atoms with Gasteiger partial charge in [0.15, 0.2) is 0 Å². The van der Waals surface area contributed by atoms with E-state index < -0.39 is 5.41 Å². The third-order valence-corrected chi connectivity index (χ3v) is 7.65. The first kappa shape index (κ1) is 20.2. The maximum atomic E-state index is 13.4. The van der Waals surface area contributed by atoms with Crippen molar-refractivity contribution in [2.24, 2.45) is 10.8 Å². The molecule has 29 heavy (non-hydrogen) atoms. The minimum Gasteiger partial charge on any atom is -0.342 e. The number of amides is 3. The minimum atomic E-state index is -0.496. The normalized spacial score (nSPS) is 26.0. The van der Waals surface area contributed by atoms with Crippen molar-refractivity contribution in [3.63, 3.8) is 0 Å². The molecule has 3 saturated heterocycles. The zero-order valence-corrected chi connectivity index (χ0v) is 17.9. The van der Waals surface area contributed by atoms with E-state index in [0.29, 0.717) is 43.3 Å². The molecule has 3 heterocycles. The van der Waals surface area contributed by atoms with Gasteiger partial charge in [-0.05, 0) is 50.5 Å². The summed E-state index contributed by atoms with van der Waals surface area (Å²) in [4.78, 5) is 44.1. The fourth-order valence-corrected chi connectivity index (χ4v) is 5.74. The van der Waals surface area contributed by atoms with Gasteiger partial charge in [-0.25, -0.2) is 0 Å². The topological polar surface area (TPSA) is 60.9 Å². The van der Waals surface area contributed by atoms with E-state index >= 15 is 0 Å². The van der Waals surface area contributed by atoms with Crippen molar-refractivity contribution in [2.75, 3.05) is 39.3 Å². The van der Waals surface area contributed by atoms with E-state index in [9.17, 15) is 14.4 Å². The molecule has 1 aromatic rings. The summed E-state index contributed by atoms with van der Waals surface area (Å²) in [5.74, 6) is 0.227. The summed E-state index contributed by atoms with van der Waals surface area (Å²) in [5, 5.41) is 0.608. The zero-order valence-electron chi connectivity index (χ0n) is 17.1. The molecule has 3 aliphatic rings. The Kier molecular flexibility index (Phi) is 5.09. The number of carbonyl (C=O) groups is 3. The van der Waals surface area contributed by atoms with Crippen LogP contribution in [0.1, 0.15) is 43.5 Å². The number of benzene rings is 1. The van der Waals surface area contributed by atoms with E-state index in [1.165, 1.54) is 0 Å². The lowest BCUT2D eigenvalue weighted by atomic mass is 9.60. The van der Waals surface area contributed by atoms with Crippen LogP contribution in [0.2, 0.25) is 5.02 Å². The Balaban J connectivity index is 1.56. The second-order valence-electron chi connectivity index (χ2n) is 8.67. The van der Waals surface area contributed by atoms with Crippen molar-refractivity contribution in [3.05, 3.63) is 34.9 Å². The molecule has 0 aliphatic carbocycles. The van der Waals surface area contributed by atoms with Gasteiger partial charge in [-0.15, -0.1) is 0 Å². The molecule has 0 unspecified atom stereocenters. The van der Waals surface area contributed by atoms with Gasteiger partial charge in [-0.1, -0.05) is 11.6 Å². The Morgan fingerprint density at radius 2 is 1.66 bits per heavy atom. The number of carbonyl (C=O) groups excluding carboxylic acids is 3. The number of rotatable bonds is 2. The van der Waals surface area contributed by atoms with Crippen LogP contribution in [0.4, 0.5) is 0 Å². The zero-order chi connectivity index (χ0) is 20.8. The average molecular weight is 418 g/mol. The summed E-state index contributed by atoms with van der Waals surface area (Å²) in [6.07, 6.45) is 2.30. The monoisotopic (exact) mass is 417 g/mol. The van der Waals surface area contributed by atoms with Crippen molar-refractivity contribution >= 4 is 29.3 Å². The number of nitrogens with zero attached hydrogens (tertiary/aromatic N) is 3. The van der Waals surface area contributed by atoms with Crippen LogP contribution in [0.5, 0.6) is 0 Å². The molecule has 7 heteroatoms. The van der Waals surface area contributed by atoms with Crippen molar-refractivity contribution in [1.82, 2.24) is 14.7 Å². The Hall–Kier alpha value is -2.08. The largest absolute Gasteiger partial charge is 0.342 e. The number of halogens is 1. The van der Waals surface area contributed by atoms with Crippen molar-refractivity contribution in [2.45, 2.75) is 33.1 Å². The molecule has 6 nitrogen and oxygen atoms in total. The molecule has 0 saturated carbocycles. The molecular weight excluding hydrogens is 390 g/mol.